The van der Waals surface area contributed by atoms with Gasteiger partial charge in [-0.3, -0.25) is 14.4 Å². The maximum atomic E-state index is 12.8. The first-order valence-electron chi connectivity index (χ1n) is 24.6. The largest absolute Gasteiger partial charge is 0.466 e. The summed E-state index contributed by atoms with van der Waals surface area (Å²) in [5.41, 5.74) is 0. The Bertz CT molecular complexity index is 849. The topological polar surface area (TPSA) is 76.1 Å². The lowest BCUT2D eigenvalue weighted by atomic mass is 10.0. The molecule has 0 radical (unpaired) electrons. The van der Waals surface area contributed by atoms with Crippen molar-refractivity contribution in [3.63, 3.8) is 0 Å². The van der Waals surface area contributed by atoms with E-state index in [9.17, 15) is 14.4 Å². The van der Waals surface area contributed by atoms with Crippen LogP contribution in [0.3, 0.4) is 0 Å². The summed E-state index contributed by atoms with van der Waals surface area (Å²) in [4.78, 5) is 41.3. The summed E-state index contributed by atoms with van der Waals surface area (Å²) in [6, 6.07) is 0. The van der Waals surface area contributed by atoms with Gasteiger partial charge in [0.05, 0.1) is 6.61 Å². The van der Waals surface area contributed by atoms with E-state index in [1.807, 2.05) is 14.1 Å². The van der Waals surface area contributed by atoms with Crippen LogP contribution in [0.25, 0.3) is 0 Å². The molecule has 0 atom stereocenters. The molecular weight excluding hydrogens is 697 g/mol. The quantitative estimate of drug-likeness (QED) is 0.0452. The second-order valence-corrected chi connectivity index (χ2v) is 17.2. The molecule has 0 aliphatic carbocycles. The van der Waals surface area contributed by atoms with Crippen LogP contribution in [-0.4, -0.2) is 74.1 Å². The standard InChI is InChI=1S/C49H96N2O5/c1-6-9-12-15-18-27-36-45-55-48(53)40-30-23-19-25-33-42-51(44-35-32-39-47(52)50(4)5)43-34-26-20-24-31-41-49(54)56-46(37-28-21-16-13-10-7-2)38-29-22-17-14-11-8-3/h46H,6-45H2,1-5H3. The summed E-state index contributed by atoms with van der Waals surface area (Å²) < 4.78 is 11.5. The van der Waals surface area contributed by atoms with Gasteiger partial charge in [-0.2, -0.15) is 0 Å². The molecule has 0 aromatic carbocycles. The molecule has 0 aliphatic rings. The van der Waals surface area contributed by atoms with Gasteiger partial charge in [0.2, 0.25) is 5.91 Å². The molecule has 1 amide bonds. The van der Waals surface area contributed by atoms with Crippen molar-refractivity contribution in [2.45, 2.75) is 258 Å². The number of nitrogens with zero attached hydrogens (tertiary/aromatic N) is 2. The molecule has 0 rings (SSSR count). The number of rotatable bonds is 44. The van der Waals surface area contributed by atoms with E-state index in [1.165, 1.54) is 148 Å². The summed E-state index contributed by atoms with van der Waals surface area (Å²) in [5.74, 6) is 0.207. The number of carbonyl (C=O) groups is 3. The van der Waals surface area contributed by atoms with E-state index in [1.54, 1.807) is 4.90 Å². The summed E-state index contributed by atoms with van der Waals surface area (Å²) >= 11 is 0. The summed E-state index contributed by atoms with van der Waals surface area (Å²) in [6.45, 7) is 10.6. The van der Waals surface area contributed by atoms with E-state index in [2.05, 4.69) is 25.7 Å². The Kier molecular flexibility index (Phi) is 41.7. The zero-order chi connectivity index (χ0) is 41.2. The first-order valence-corrected chi connectivity index (χ1v) is 24.6. The SMILES string of the molecule is CCCCCCCCCOC(=O)CCCCCCCN(CCCCCCCC(=O)OC(CCCCCCCC)CCCCCCCC)CCCCC(=O)N(C)C. The van der Waals surface area contributed by atoms with Crippen LogP contribution in [0.5, 0.6) is 0 Å². The monoisotopic (exact) mass is 793 g/mol. The molecule has 7 heteroatoms. The van der Waals surface area contributed by atoms with Gasteiger partial charge in [0.15, 0.2) is 0 Å². The lowest BCUT2D eigenvalue weighted by molar-refractivity contribution is -0.150. The number of ether oxygens (including phenoxy) is 2. The molecule has 0 N–H and O–H groups in total. The molecule has 0 saturated heterocycles. The highest BCUT2D eigenvalue weighted by Gasteiger charge is 2.15. The Morgan fingerprint density at radius 1 is 0.411 bits per heavy atom. The Labute approximate surface area is 348 Å². The average Bonchev–Trinajstić information content (AvgIpc) is 3.18. The zero-order valence-electron chi connectivity index (χ0n) is 38.3. The van der Waals surface area contributed by atoms with Gasteiger partial charge < -0.3 is 19.3 Å². The summed E-state index contributed by atoms with van der Waals surface area (Å²) in [7, 11) is 3.67. The fourth-order valence-corrected chi connectivity index (χ4v) is 7.57. The molecule has 56 heavy (non-hydrogen) atoms. The fraction of sp³-hybridized carbons (Fsp3) is 0.939. The molecule has 0 aliphatic heterocycles. The van der Waals surface area contributed by atoms with Crippen LogP contribution in [-0.2, 0) is 23.9 Å². The maximum absolute atomic E-state index is 12.8. The number of esters is 2. The van der Waals surface area contributed by atoms with E-state index < -0.39 is 0 Å². The van der Waals surface area contributed by atoms with Crippen LogP contribution >= 0.6 is 0 Å². The third-order valence-corrected chi connectivity index (χ3v) is 11.4. The molecule has 0 bridgehead atoms. The predicted molar refractivity (Wildman–Crippen MR) is 239 cm³/mol. The molecule has 7 nitrogen and oxygen atoms in total. The van der Waals surface area contributed by atoms with Gasteiger partial charge in [-0.1, -0.05) is 162 Å². The van der Waals surface area contributed by atoms with Gasteiger partial charge in [0.25, 0.3) is 0 Å². The summed E-state index contributed by atoms with van der Waals surface area (Å²) in [5, 5.41) is 0. The second-order valence-electron chi connectivity index (χ2n) is 17.2. The van der Waals surface area contributed by atoms with Crippen molar-refractivity contribution in [3.05, 3.63) is 0 Å². The second kappa shape index (κ2) is 43.0. The first-order chi connectivity index (χ1) is 27.3. The van der Waals surface area contributed by atoms with Crippen molar-refractivity contribution >= 4 is 17.8 Å². The zero-order valence-corrected chi connectivity index (χ0v) is 38.3. The highest BCUT2D eigenvalue weighted by molar-refractivity contribution is 5.75. The van der Waals surface area contributed by atoms with Crippen molar-refractivity contribution in [2.75, 3.05) is 40.3 Å². The van der Waals surface area contributed by atoms with E-state index in [0.717, 1.165) is 83.8 Å². The van der Waals surface area contributed by atoms with E-state index in [0.29, 0.717) is 25.9 Å². The van der Waals surface area contributed by atoms with Crippen molar-refractivity contribution < 1.29 is 23.9 Å². The lowest BCUT2D eigenvalue weighted by Crippen LogP contribution is -2.28. The van der Waals surface area contributed by atoms with Crippen LogP contribution < -0.4 is 0 Å². The highest BCUT2D eigenvalue weighted by Crippen LogP contribution is 2.19. The van der Waals surface area contributed by atoms with E-state index >= 15 is 0 Å². The predicted octanol–water partition coefficient (Wildman–Crippen LogP) is 13.9. The Balaban J connectivity index is 4.35. The molecule has 0 aromatic rings. The number of hydrogen-bond donors (Lipinski definition) is 0. The lowest BCUT2D eigenvalue weighted by Gasteiger charge is -2.22. The Hall–Kier alpha value is -1.63. The molecule has 0 unspecified atom stereocenters. The van der Waals surface area contributed by atoms with Gasteiger partial charge in [-0.15, -0.1) is 0 Å². The van der Waals surface area contributed by atoms with Gasteiger partial charge in [0.1, 0.15) is 6.10 Å². The average molecular weight is 793 g/mol. The Morgan fingerprint density at radius 2 is 0.768 bits per heavy atom. The van der Waals surface area contributed by atoms with Crippen molar-refractivity contribution in [1.29, 1.82) is 0 Å². The van der Waals surface area contributed by atoms with Gasteiger partial charge in [-0.25, -0.2) is 0 Å². The Morgan fingerprint density at radius 3 is 1.23 bits per heavy atom. The van der Waals surface area contributed by atoms with Gasteiger partial charge >= 0.3 is 11.9 Å². The number of hydrogen-bond acceptors (Lipinski definition) is 6. The fourth-order valence-electron chi connectivity index (χ4n) is 7.57. The minimum Gasteiger partial charge on any atom is -0.466 e. The van der Waals surface area contributed by atoms with E-state index in [4.69, 9.17) is 9.47 Å². The van der Waals surface area contributed by atoms with Crippen LogP contribution in [0.1, 0.15) is 252 Å². The first kappa shape index (κ1) is 54.4. The minimum atomic E-state index is -0.0268. The summed E-state index contributed by atoms with van der Waals surface area (Å²) in [6.07, 6.45) is 41.1. The minimum absolute atomic E-state index is 0.0182. The molecule has 0 spiro atoms. The number of amides is 1. The van der Waals surface area contributed by atoms with Gasteiger partial charge in [-0.05, 0) is 90.3 Å². The molecule has 332 valence electrons. The van der Waals surface area contributed by atoms with Crippen molar-refractivity contribution in [2.24, 2.45) is 0 Å². The van der Waals surface area contributed by atoms with Crippen LogP contribution in [0, 0.1) is 0 Å². The maximum Gasteiger partial charge on any atom is 0.306 e. The van der Waals surface area contributed by atoms with Crippen molar-refractivity contribution in [1.82, 2.24) is 9.80 Å². The van der Waals surface area contributed by atoms with Crippen molar-refractivity contribution in [3.8, 4) is 0 Å². The molecule has 0 heterocycles. The van der Waals surface area contributed by atoms with Gasteiger partial charge in [0, 0.05) is 33.4 Å². The molecule has 0 aromatic heterocycles. The molecule has 0 saturated carbocycles. The number of unbranched alkanes of at least 4 members (excludes halogenated alkanes) is 25. The van der Waals surface area contributed by atoms with Crippen LogP contribution in [0.15, 0.2) is 0 Å². The van der Waals surface area contributed by atoms with Crippen LogP contribution in [0.4, 0.5) is 0 Å². The normalized spacial score (nSPS) is 11.5. The number of carbonyl (C=O) groups excluding carboxylic acids is 3. The highest BCUT2D eigenvalue weighted by atomic mass is 16.5. The van der Waals surface area contributed by atoms with Crippen LogP contribution in [0.2, 0.25) is 0 Å². The molecular formula is C49H96N2O5. The molecule has 0 fully saturated rings. The van der Waals surface area contributed by atoms with E-state index in [-0.39, 0.29) is 23.9 Å². The smallest absolute Gasteiger partial charge is 0.306 e. The third-order valence-electron chi connectivity index (χ3n) is 11.4. The third kappa shape index (κ3) is 39.2.